The predicted octanol–water partition coefficient (Wildman–Crippen LogP) is 5.45. The minimum Gasteiger partial charge on any atom is -0.497 e. The van der Waals surface area contributed by atoms with Gasteiger partial charge in [0, 0.05) is 29.6 Å². The zero-order chi connectivity index (χ0) is 25.5. The quantitative estimate of drug-likeness (QED) is 0.261. The number of halogens is 2. The van der Waals surface area contributed by atoms with E-state index in [4.69, 9.17) is 4.74 Å². The second-order valence-electron chi connectivity index (χ2n) is 9.45. The predicted molar refractivity (Wildman–Crippen MR) is 139 cm³/mol. The van der Waals surface area contributed by atoms with Gasteiger partial charge in [-0.15, -0.1) is 11.8 Å². The number of nitrogens with zero attached hydrogens (tertiary/aromatic N) is 2. The van der Waals surface area contributed by atoms with E-state index < -0.39 is 11.9 Å². The Labute approximate surface area is 215 Å². The zero-order valence-electron chi connectivity index (χ0n) is 20.6. The molecule has 3 atom stereocenters. The van der Waals surface area contributed by atoms with Gasteiger partial charge in [0.15, 0.2) is 0 Å². The number of rotatable bonds is 11. The molecule has 1 aliphatic heterocycles. The van der Waals surface area contributed by atoms with Crippen molar-refractivity contribution >= 4 is 22.7 Å². The summed E-state index contributed by atoms with van der Waals surface area (Å²) >= 11 is 1.34. The molecular formula is C28H34F2N2O3S. The summed E-state index contributed by atoms with van der Waals surface area (Å²) in [5.41, 5.74) is 1.68. The third kappa shape index (κ3) is 6.73. The molecule has 0 aliphatic carbocycles. The topological polar surface area (TPSA) is 65.8 Å². The van der Waals surface area contributed by atoms with Crippen molar-refractivity contribution in [3.8, 4) is 5.75 Å². The number of hydrogen-bond acceptors (Lipinski definition) is 6. The lowest BCUT2D eigenvalue weighted by molar-refractivity contribution is 0.0581. The smallest absolute Gasteiger partial charge is 0.136 e. The van der Waals surface area contributed by atoms with E-state index in [1.54, 1.807) is 13.3 Å². The lowest BCUT2D eigenvalue weighted by atomic mass is 9.81. The Morgan fingerprint density at radius 3 is 2.83 bits per heavy atom. The lowest BCUT2D eigenvalue weighted by Crippen LogP contribution is -2.42. The summed E-state index contributed by atoms with van der Waals surface area (Å²) in [6.07, 6.45) is 4.40. The minimum absolute atomic E-state index is 0.121. The average Bonchev–Trinajstić information content (AvgIpc) is 2.91. The number of pyridine rings is 1. The van der Waals surface area contributed by atoms with Crippen molar-refractivity contribution < 1.29 is 23.7 Å². The van der Waals surface area contributed by atoms with Gasteiger partial charge >= 0.3 is 0 Å². The Balaban J connectivity index is 1.26. The first kappa shape index (κ1) is 26.8. The number of benzene rings is 2. The molecule has 0 amide bonds. The fourth-order valence-corrected chi connectivity index (χ4v) is 5.99. The van der Waals surface area contributed by atoms with Gasteiger partial charge in [-0.2, -0.15) is 0 Å². The highest BCUT2D eigenvalue weighted by atomic mass is 32.2. The number of piperidine rings is 1. The fraction of sp³-hybridized carbons (Fsp3) is 0.464. The van der Waals surface area contributed by atoms with Crippen molar-refractivity contribution in [2.45, 2.75) is 36.7 Å². The number of fused-ring (bicyclic) bond motifs is 1. The second kappa shape index (κ2) is 12.8. The van der Waals surface area contributed by atoms with Gasteiger partial charge in [-0.3, -0.25) is 4.98 Å². The Hall–Kier alpha value is -2.26. The van der Waals surface area contributed by atoms with Crippen LogP contribution in [0.3, 0.4) is 0 Å². The first-order valence-electron chi connectivity index (χ1n) is 12.5. The van der Waals surface area contributed by atoms with Crippen LogP contribution in [0.5, 0.6) is 5.75 Å². The van der Waals surface area contributed by atoms with Crippen LogP contribution in [0, 0.1) is 23.5 Å². The largest absolute Gasteiger partial charge is 0.497 e. The molecule has 1 aliphatic rings. The molecule has 8 heteroatoms. The molecule has 2 N–H and O–H groups in total. The molecule has 2 aromatic carbocycles. The number of aliphatic hydroxyl groups excluding tert-OH is 2. The summed E-state index contributed by atoms with van der Waals surface area (Å²) in [6, 6.07) is 11.1. The van der Waals surface area contributed by atoms with E-state index in [0.717, 1.165) is 67.2 Å². The van der Waals surface area contributed by atoms with Gasteiger partial charge in [-0.25, -0.2) is 8.78 Å². The number of thioether (sulfide) groups is 1. The maximum Gasteiger partial charge on any atom is 0.136 e. The molecule has 2 heterocycles. The molecule has 0 saturated carbocycles. The van der Waals surface area contributed by atoms with Crippen molar-refractivity contribution in [1.29, 1.82) is 0 Å². The maximum atomic E-state index is 13.8. The van der Waals surface area contributed by atoms with E-state index in [9.17, 15) is 19.0 Å². The van der Waals surface area contributed by atoms with Crippen LogP contribution in [0.1, 0.15) is 37.4 Å². The van der Waals surface area contributed by atoms with Crippen LogP contribution >= 0.6 is 11.8 Å². The van der Waals surface area contributed by atoms with E-state index >= 15 is 0 Å². The summed E-state index contributed by atoms with van der Waals surface area (Å²) in [4.78, 5) is 7.09. The van der Waals surface area contributed by atoms with Crippen LogP contribution in [0.2, 0.25) is 0 Å². The van der Waals surface area contributed by atoms with Gasteiger partial charge in [0.1, 0.15) is 17.4 Å². The maximum absolute atomic E-state index is 13.8. The zero-order valence-corrected chi connectivity index (χ0v) is 21.4. The van der Waals surface area contributed by atoms with Crippen molar-refractivity contribution in [2.24, 2.45) is 11.8 Å². The average molecular weight is 517 g/mol. The van der Waals surface area contributed by atoms with Crippen LogP contribution in [0.15, 0.2) is 53.6 Å². The summed E-state index contributed by atoms with van der Waals surface area (Å²) < 4.78 is 32.5. The number of hydrogen-bond donors (Lipinski definition) is 2. The van der Waals surface area contributed by atoms with Crippen molar-refractivity contribution in [3.05, 3.63) is 65.9 Å². The number of aliphatic hydroxyl groups is 2. The minimum atomic E-state index is -0.611. The van der Waals surface area contributed by atoms with Crippen LogP contribution in [-0.4, -0.2) is 59.2 Å². The van der Waals surface area contributed by atoms with E-state index in [1.807, 2.05) is 24.3 Å². The van der Waals surface area contributed by atoms with Crippen molar-refractivity contribution in [1.82, 2.24) is 9.88 Å². The molecule has 0 unspecified atom stereocenters. The van der Waals surface area contributed by atoms with Crippen LogP contribution in [0.4, 0.5) is 8.78 Å². The van der Waals surface area contributed by atoms with E-state index in [0.29, 0.717) is 23.0 Å². The molecule has 0 bridgehead atoms. The Bertz CT molecular complexity index is 1150. The lowest BCUT2D eigenvalue weighted by Gasteiger charge is -2.38. The van der Waals surface area contributed by atoms with Gasteiger partial charge in [-0.05, 0) is 104 Å². The summed E-state index contributed by atoms with van der Waals surface area (Å²) in [7, 11) is 1.62. The van der Waals surface area contributed by atoms with Crippen molar-refractivity contribution in [3.63, 3.8) is 0 Å². The molecule has 36 heavy (non-hydrogen) atoms. The molecule has 1 saturated heterocycles. The summed E-state index contributed by atoms with van der Waals surface area (Å²) in [5, 5.41) is 21.9. The molecule has 194 valence electrons. The Morgan fingerprint density at radius 2 is 2.03 bits per heavy atom. The number of likely N-dealkylation sites (tertiary alicyclic amines) is 1. The molecule has 3 aromatic rings. The third-order valence-electron chi connectivity index (χ3n) is 7.13. The highest BCUT2D eigenvalue weighted by molar-refractivity contribution is 7.99. The summed E-state index contributed by atoms with van der Waals surface area (Å²) in [5.74, 6) is 1.14. The van der Waals surface area contributed by atoms with Gasteiger partial charge in [0.2, 0.25) is 0 Å². The van der Waals surface area contributed by atoms with E-state index in [2.05, 4.69) is 9.88 Å². The normalized spacial score (nSPS) is 19.5. The van der Waals surface area contributed by atoms with E-state index in [-0.39, 0.29) is 18.3 Å². The van der Waals surface area contributed by atoms with Crippen LogP contribution in [-0.2, 0) is 0 Å². The molecule has 4 rings (SSSR count). The molecule has 0 spiro atoms. The number of aromatic nitrogens is 1. The second-order valence-corrected chi connectivity index (χ2v) is 10.6. The molecular weight excluding hydrogens is 482 g/mol. The highest BCUT2D eigenvalue weighted by Crippen LogP contribution is 2.33. The van der Waals surface area contributed by atoms with Gasteiger partial charge in [0.25, 0.3) is 0 Å². The molecule has 1 fully saturated rings. The van der Waals surface area contributed by atoms with Crippen molar-refractivity contribution in [2.75, 3.05) is 39.1 Å². The first-order valence-corrected chi connectivity index (χ1v) is 13.5. The Kier molecular flexibility index (Phi) is 9.53. The number of ether oxygens (including phenoxy) is 1. The first-order chi connectivity index (χ1) is 17.5. The van der Waals surface area contributed by atoms with Gasteiger partial charge in [-0.1, -0.05) is 0 Å². The SMILES string of the molecule is COc1ccc2nccc([C@H](O)CC[C@@H]3CCN(CCCSc4cc(F)ccc4F)C[C@@H]3CO)c2c1. The van der Waals surface area contributed by atoms with E-state index in [1.165, 1.54) is 23.9 Å². The third-order valence-corrected chi connectivity index (χ3v) is 8.25. The Morgan fingerprint density at radius 1 is 1.17 bits per heavy atom. The molecule has 0 radical (unpaired) electrons. The molecule has 5 nitrogen and oxygen atoms in total. The van der Waals surface area contributed by atoms with Crippen LogP contribution in [0.25, 0.3) is 10.9 Å². The summed E-state index contributed by atoms with van der Waals surface area (Å²) in [6.45, 7) is 2.73. The monoisotopic (exact) mass is 516 g/mol. The standard InChI is InChI=1S/C28H34F2N2O3S/c1-35-22-5-7-26-24(16-22)23(9-11-31-26)27(34)8-3-19-10-13-32(17-20(19)18-33)12-2-14-36-28-15-21(29)4-6-25(28)30/h4-7,9,11,15-16,19-20,27,33-34H,2-3,8,10,12-14,17-18H2,1H3/t19-,20-,27-/m1/s1. The molecule has 1 aromatic heterocycles. The van der Waals surface area contributed by atoms with Gasteiger partial charge in [0.05, 0.1) is 18.7 Å². The fourth-order valence-electron chi connectivity index (χ4n) is 5.10. The van der Waals surface area contributed by atoms with Crippen LogP contribution < -0.4 is 4.74 Å². The number of methoxy groups -OCH3 is 1. The van der Waals surface area contributed by atoms with Gasteiger partial charge < -0.3 is 19.8 Å². The highest BCUT2D eigenvalue weighted by Gasteiger charge is 2.29.